The number of rotatable bonds is 3. The summed E-state index contributed by atoms with van der Waals surface area (Å²) in [5.74, 6) is 0.0664. The van der Waals surface area contributed by atoms with Crippen molar-refractivity contribution in [3.8, 4) is 17.3 Å². The van der Waals surface area contributed by atoms with Crippen LogP contribution in [-0.4, -0.2) is 10.1 Å². The quantitative estimate of drug-likeness (QED) is 0.448. The van der Waals surface area contributed by atoms with E-state index in [-0.39, 0.29) is 11.3 Å². The summed E-state index contributed by atoms with van der Waals surface area (Å²) in [6.07, 6.45) is 4.39. The van der Waals surface area contributed by atoms with E-state index in [1.54, 1.807) is 11.3 Å². The van der Waals surface area contributed by atoms with Crippen LogP contribution in [0, 0.1) is 18.3 Å². The van der Waals surface area contributed by atoms with Gasteiger partial charge in [-0.25, -0.2) is 4.98 Å². The molecule has 1 aromatic carbocycles. The molecule has 0 amide bonds. The highest BCUT2D eigenvalue weighted by Crippen LogP contribution is 2.37. The average molecular weight is 379 g/mol. The van der Waals surface area contributed by atoms with Crippen LogP contribution in [0.1, 0.15) is 39.4 Å². The van der Waals surface area contributed by atoms with Crippen molar-refractivity contribution in [2.75, 3.05) is 0 Å². The summed E-state index contributed by atoms with van der Waals surface area (Å²) < 4.78 is 0. The molecule has 0 saturated carbocycles. The van der Waals surface area contributed by atoms with Gasteiger partial charge in [0.25, 0.3) is 0 Å². The molecule has 0 radical (unpaired) electrons. The van der Waals surface area contributed by atoms with Gasteiger partial charge in [-0.3, -0.25) is 0 Å². The zero-order valence-electron chi connectivity index (χ0n) is 14.5. The van der Waals surface area contributed by atoms with Gasteiger partial charge < -0.3 is 5.11 Å². The van der Waals surface area contributed by atoms with Gasteiger partial charge in [-0.05, 0) is 38.2 Å². The zero-order chi connectivity index (χ0) is 18.1. The number of benzene rings is 1. The fourth-order valence-electron chi connectivity index (χ4n) is 3.27. The number of fused-ring (bicyclic) bond motifs is 1. The smallest absolute Gasteiger partial charge is 0.144 e. The Morgan fingerprint density at radius 1 is 1.12 bits per heavy atom. The van der Waals surface area contributed by atoms with Gasteiger partial charge in [0.1, 0.15) is 22.4 Å². The predicted octanol–water partition coefficient (Wildman–Crippen LogP) is 6.01. The summed E-state index contributed by atoms with van der Waals surface area (Å²) in [7, 11) is 0. The normalized spacial score (nSPS) is 14.5. The lowest BCUT2D eigenvalue weighted by molar-refractivity contribution is 0.512. The molecule has 2 heterocycles. The van der Waals surface area contributed by atoms with Crippen molar-refractivity contribution in [1.82, 2.24) is 4.98 Å². The van der Waals surface area contributed by atoms with Crippen molar-refractivity contribution in [2.45, 2.75) is 32.6 Å². The number of thiophene rings is 1. The van der Waals surface area contributed by atoms with Crippen molar-refractivity contribution in [3.63, 3.8) is 0 Å². The van der Waals surface area contributed by atoms with Gasteiger partial charge in [0.15, 0.2) is 0 Å². The van der Waals surface area contributed by atoms with Gasteiger partial charge in [0.05, 0.1) is 5.69 Å². The predicted molar refractivity (Wildman–Crippen MR) is 108 cm³/mol. The van der Waals surface area contributed by atoms with Gasteiger partial charge >= 0.3 is 0 Å². The maximum absolute atomic E-state index is 10.8. The Balaban J connectivity index is 1.73. The number of nitrogens with zero attached hydrogens (tertiary/aromatic N) is 2. The Morgan fingerprint density at radius 3 is 2.65 bits per heavy atom. The van der Waals surface area contributed by atoms with E-state index >= 15 is 0 Å². The molecular formula is C21H18N2OS2. The first-order valence-electron chi connectivity index (χ1n) is 8.63. The third kappa shape index (κ3) is 3.07. The summed E-state index contributed by atoms with van der Waals surface area (Å²) in [6.45, 7) is 2.05. The van der Waals surface area contributed by atoms with Crippen LogP contribution in [0.2, 0.25) is 0 Å². The van der Waals surface area contributed by atoms with E-state index in [4.69, 9.17) is 0 Å². The molecule has 26 heavy (non-hydrogen) atoms. The Morgan fingerprint density at radius 2 is 1.88 bits per heavy atom. The molecule has 130 valence electrons. The number of hydrogen-bond donors (Lipinski definition) is 1. The second-order valence-electron chi connectivity index (χ2n) is 6.50. The van der Waals surface area contributed by atoms with Gasteiger partial charge in [0, 0.05) is 26.8 Å². The molecule has 0 aliphatic heterocycles. The maximum atomic E-state index is 10.8. The number of thiazole rings is 1. The van der Waals surface area contributed by atoms with E-state index in [2.05, 4.69) is 11.1 Å². The van der Waals surface area contributed by atoms with Crippen LogP contribution in [0.3, 0.4) is 0 Å². The molecule has 1 N–H and O–H groups in total. The van der Waals surface area contributed by atoms with Gasteiger partial charge in [-0.2, -0.15) is 5.26 Å². The van der Waals surface area contributed by atoms with Crippen LogP contribution in [0.15, 0.2) is 35.0 Å². The summed E-state index contributed by atoms with van der Waals surface area (Å²) in [5.41, 5.74) is 5.33. The Kier molecular flexibility index (Phi) is 4.62. The third-order valence-electron chi connectivity index (χ3n) is 4.73. The zero-order valence-corrected chi connectivity index (χ0v) is 16.1. The highest BCUT2D eigenvalue weighted by Gasteiger charge is 2.22. The van der Waals surface area contributed by atoms with Crippen LogP contribution in [-0.2, 0) is 12.8 Å². The number of aryl methyl sites for hydroxylation is 2. The summed E-state index contributed by atoms with van der Waals surface area (Å²) in [4.78, 5) is 5.95. The monoisotopic (exact) mass is 378 g/mol. The van der Waals surface area contributed by atoms with Crippen molar-refractivity contribution in [2.24, 2.45) is 0 Å². The number of aliphatic hydroxyl groups is 1. The lowest BCUT2D eigenvalue weighted by Gasteiger charge is -2.12. The number of hydrogen-bond acceptors (Lipinski definition) is 5. The molecule has 0 bridgehead atoms. The first kappa shape index (κ1) is 17.0. The number of nitriles is 1. The Bertz CT molecular complexity index is 1020. The molecule has 0 atom stereocenters. The molecule has 3 aromatic rings. The van der Waals surface area contributed by atoms with Crippen molar-refractivity contribution in [3.05, 3.63) is 61.6 Å². The lowest BCUT2D eigenvalue weighted by Crippen LogP contribution is -2.01. The molecule has 2 aromatic heterocycles. The molecule has 0 spiro atoms. The molecule has 5 heteroatoms. The van der Waals surface area contributed by atoms with Gasteiger partial charge in [-0.1, -0.05) is 29.8 Å². The number of aromatic nitrogens is 1. The summed E-state index contributed by atoms with van der Waals surface area (Å²) in [5, 5.41) is 25.0. The highest BCUT2D eigenvalue weighted by atomic mass is 32.1. The van der Waals surface area contributed by atoms with E-state index in [1.807, 2.05) is 41.9 Å². The molecular weight excluding hydrogens is 360 g/mol. The number of allylic oxidation sites excluding steroid dienone is 1. The van der Waals surface area contributed by atoms with E-state index < -0.39 is 0 Å². The third-order valence-corrected chi connectivity index (χ3v) is 6.68. The molecule has 4 rings (SSSR count). The fourth-order valence-corrected chi connectivity index (χ4v) is 5.23. The minimum Gasteiger partial charge on any atom is -0.506 e. The first-order chi connectivity index (χ1) is 12.7. The topological polar surface area (TPSA) is 56.9 Å². The molecule has 3 nitrogen and oxygen atoms in total. The molecule has 1 aliphatic rings. The first-order valence-corrected chi connectivity index (χ1v) is 10.4. The second kappa shape index (κ2) is 7.06. The van der Waals surface area contributed by atoms with Crippen LogP contribution in [0.25, 0.3) is 22.6 Å². The largest absolute Gasteiger partial charge is 0.506 e. The molecule has 0 unspecified atom stereocenters. The molecule has 1 aliphatic carbocycles. The van der Waals surface area contributed by atoms with Crippen LogP contribution in [0.5, 0.6) is 0 Å². The minimum absolute atomic E-state index is 0.0664. The average Bonchev–Trinajstić information content (AvgIpc) is 3.30. The summed E-state index contributed by atoms with van der Waals surface area (Å²) in [6, 6.07) is 10.3. The minimum atomic E-state index is 0.0664. The standard InChI is InChI=1S/C21H18N2OS2/c1-13-6-8-14(9-7-13)18-12-26-21(23-18)16(10-22)20(24)17-11-25-19-5-3-2-4-15(17)19/h6-9,11-12,24H,2-5H2,1H3. The van der Waals surface area contributed by atoms with Crippen molar-refractivity contribution >= 4 is 34.0 Å². The highest BCUT2D eigenvalue weighted by molar-refractivity contribution is 7.11. The fraction of sp³-hybridized carbons (Fsp3) is 0.238. The maximum Gasteiger partial charge on any atom is 0.144 e. The van der Waals surface area contributed by atoms with Crippen LogP contribution < -0.4 is 0 Å². The van der Waals surface area contributed by atoms with Crippen LogP contribution >= 0.6 is 22.7 Å². The van der Waals surface area contributed by atoms with Gasteiger partial charge in [-0.15, -0.1) is 22.7 Å². The van der Waals surface area contributed by atoms with E-state index in [9.17, 15) is 10.4 Å². The van der Waals surface area contributed by atoms with Crippen molar-refractivity contribution in [1.29, 1.82) is 5.26 Å². The lowest BCUT2D eigenvalue weighted by atomic mass is 9.94. The number of aliphatic hydroxyl groups excluding tert-OH is 1. The van der Waals surface area contributed by atoms with E-state index in [0.717, 1.165) is 36.1 Å². The Hall–Kier alpha value is -2.42. The Labute approximate surface area is 160 Å². The van der Waals surface area contributed by atoms with E-state index in [1.165, 1.54) is 33.8 Å². The van der Waals surface area contributed by atoms with Crippen LogP contribution in [0.4, 0.5) is 0 Å². The second-order valence-corrected chi connectivity index (χ2v) is 8.32. The molecule has 0 saturated heterocycles. The SMILES string of the molecule is Cc1ccc(-c2csc(C(C#N)=C(O)c3csc4c3CCCC4)n2)cc1. The van der Waals surface area contributed by atoms with Gasteiger partial charge in [0.2, 0.25) is 0 Å². The van der Waals surface area contributed by atoms with Crippen molar-refractivity contribution < 1.29 is 5.11 Å². The summed E-state index contributed by atoms with van der Waals surface area (Å²) >= 11 is 3.08. The molecule has 0 fully saturated rings. The van der Waals surface area contributed by atoms with E-state index in [0.29, 0.717) is 5.01 Å².